The maximum atomic E-state index is 15.5. The van der Waals surface area contributed by atoms with Gasteiger partial charge >= 0.3 is 11.8 Å². The molecule has 0 radical (unpaired) electrons. The van der Waals surface area contributed by atoms with Gasteiger partial charge in [0.2, 0.25) is 5.43 Å². The lowest BCUT2D eigenvalue weighted by Crippen LogP contribution is -2.46. The number of allylic oxidation sites excluding steroid dienone is 3. The number of hydrogen-bond donors (Lipinski definition) is 3. The number of rotatable bonds is 5. The van der Waals surface area contributed by atoms with Crippen LogP contribution >= 0.6 is 0 Å². The summed E-state index contributed by atoms with van der Waals surface area (Å²) >= 11 is 0. The van der Waals surface area contributed by atoms with Gasteiger partial charge in [0.15, 0.2) is 11.3 Å². The number of methoxy groups -OCH3 is 1. The summed E-state index contributed by atoms with van der Waals surface area (Å²) in [4.78, 5) is 62.5. The maximum absolute atomic E-state index is 15.5. The normalized spacial score (nSPS) is 27.8. The van der Waals surface area contributed by atoms with Crippen LogP contribution in [-0.4, -0.2) is 116 Å². The molecule has 376 valence electrons. The molecule has 5 heterocycles. The molecule has 8 atom stereocenters. The highest BCUT2D eigenvalue weighted by molar-refractivity contribution is 6.22. The molecule has 6 aliphatic rings. The number of Topliss-reactive ketones (excluding diaryl/α,β-unsaturated/α-hetero) is 1. The Hall–Kier alpha value is -5.81. The zero-order chi connectivity index (χ0) is 51.1. The predicted molar refractivity (Wildman–Crippen MR) is 265 cm³/mol. The second-order valence-corrected chi connectivity index (χ2v) is 18.6. The average molecular weight is 959 g/mol. The van der Waals surface area contributed by atoms with Crippen LogP contribution in [-0.2, 0) is 23.8 Å². The first kappa shape index (κ1) is 54.1. The van der Waals surface area contributed by atoms with Crippen LogP contribution in [0.2, 0.25) is 0 Å². The number of hydrogen-bond acceptors (Lipinski definition) is 14. The number of benzene rings is 3. The third kappa shape index (κ3) is 11.0. The van der Waals surface area contributed by atoms with Crippen LogP contribution in [0.3, 0.4) is 0 Å². The minimum absolute atomic E-state index is 0.00592. The Bertz CT molecular complexity index is 2630. The number of ether oxygens (including phenoxy) is 6. The first-order chi connectivity index (χ1) is 32.9. The number of esters is 1. The van der Waals surface area contributed by atoms with Crippen LogP contribution < -0.4 is 25.0 Å². The minimum atomic E-state index is -1.89. The van der Waals surface area contributed by atoms with E-state index in [0.29, 0.717) is 47.1 Å². The van der Waals surface area contributed by atoms with Crippen molar-refractivity contribution in [3.63, 3.8) is 0 Å². The minimum Gasteiger partial charge on any atom is -0.487 e. The summed E-state index contributed by atoms with van der Waals surface area (Å²) in [5.41, 5.74) is 0.663. The van der Waals surface area contributed by atoms with Gasteiger partial charge in [-0.1, -0.05) is 52.8 Å². The summed E-state index contributed by atoms with van der Waals surface area (Å²) < 4.78 is 45.7. The van der Waals surface area contributed by atoms with E-state index in [1.807, 2.05) is 39.0 Å². The predicted octanol–water partition coefficient (Wildman–Crippen LogP) is 8.29. The average Bonchev–Trinajstić information content (AvgIpc) is 3.81. The fourth-order valence-corrected chi connectivity index (χ4v) is 9.73. The van der Waals surface area contributed by atoms with Crippen molar-refractivity contribution in [2.75, 3.05) is 53.9 Å². The Balaban J connectivity index is 0.00000142. The SMILES string of the molecule is CC.CO.CO.CO[C@H]1/C=C/O[C@@]2(C)Oc3c(C)c4c5c(=O)c(c6oc7cc(OCC8CCC[N+]8(C)C)ccc7nc-6c5c3C2=O)NC(=O)/C(C)=C\C=C\C(C)C[C@@H](C)CC(O4)C(OC(C)=O)[C@@H]1C. The monoisotopic (exact) mass is 959 g/mol. The molecule has 0 aromatic heterocycles. The number of carbonyl (C=O) groups is 3. The van der Waals surface area contributed by atoms with Gasteiger partial charge in [-0.25, -0.2) is 4.98 Å². The zero-order valence-corrected chi connectivity index (χ0v) is 42.7. The van der Waals surface area contributed by atoms with Gasteiger partial charge in [0, 0.05) is 76.5 Å². The van der Waals surface area contributed by atoms with Gasteiger partial charge in [-0.05, 0) is 56.7 Å². The number of quaternary nitrogens is 1. The molecule has 2 aromatic carbocycles. The van der Waals surface area contributed by atoms with Gasteiger partial charge in [0.05, 0.1) is 44.0 Å². The second-order valence-electron chi connectivity index (χ2n) is 18.6. The Morgan fingerprint density at radius 2 is 1.71 bits per heavy atom. The van der Waals surface area contributed by atoms with Crippen LogP contribution in [0.1, 0.15) is 97.0 Å². The van der Waals surface area contributed by atoms with Gasteiger partial charge in [-0.15, -0.1) is 0 Å². The molecule has 1 amide bonds. The van der Waals surface area contributed by atoms with Gasteiger partial charge in [0.1, 0.15) is 59.0 Å². The lowest BCUT2D eigenvalue weighted by molar-refractivity contribution is -0.902. The van der Waals surface area contributed by atoms with E-state index in [1.54, 1.807) is 38.1 Å². The highest BCUT2D eigenvalue weighted by Gasteiger charge is 2.51. The number of likely N-dealkylation sites (tertiary alicyclic amines) is 1. The van der Waals surface area contributed by atoms with E-state index < -0.39 is 53.1 Å². The molecule has 3 N–H and O–H groups in total. The van der Waals surface area contributed by atoms with Crippen molar-refractivity contribution >= 4 is 45.2 Å². The van der Waals surface area contributed by atoms with E-state index in [4.69, 9.17) is 48.0 Å². The van der Waals surface area contributed by atoms with Crippen molar-refractivity contribution in [1.82, 2.24) is 4.98 Å². The first-order valence-corrected chi connectivity index (χ1v) is 23.8. The standard InChI is InChI=1S/C49H57N3O11.C2H6.2CH4O/c1-25-13-11-14-27(3)48(56)51-41-42(54)38-37(40-46(41)61-35-23-32(16-17-33(35)50-40)58-24-31-15-12-19-52(31,8)9)39-45-29(5)44(38)62-36(22-26(2)21-25)43(60-30(6)53)28(4)34(57-10)18-20-59-49(7,63-45)47(39)55;3*1-2/h11,13-14,16-18,20,23,25-26,28,31,34,36,43H,12,15,19,21-22,24H2,1-10H3;1-2H3;2*2H,1H3/p+1/b13-11+,20-18+,27-14-;;;/t25?,26-,28-,31?,34+,36?,43?,49+;;;/m1.../s1. The molecule has 1 saturated heterocycles. The highest BCUT2D eigenvalue weighted by atomic mass is 16.7. The molecule has 69 heavy (non-hydrogen) atoms. The molecule has 16 nitrogen and oxygen atoms in total. The zero-order valence-electron chi connectivity index (χ0n) is 42.7. The molecular formula is C53H72N3O13+. The molecule has 8 rings (SSSR count). The van der Waals surface area contributed by atoms with E-state index >= 15 is 4.79 Å². The summed E-state index contributed by atoms with van der Waals surface area (Å²) in [5.74, 6) is -3.23. The molecule has 2 aromatic rings. The third-order valence-corrected chi connectivity index (χ3v) is 13.4. The van der Waals surface area contributed by atoms with Crippen LogP contribution in [0, 0.1) is 24.7 Å². The number of nitrogens with one attached hydrogen (secondary N) is 1. The number of ketones is 1. The number of amides is 1. The topological polar surface area (TPSA) is 202 Å². The summed E-state index contributed by atoms with van der Waals surface area (Å²) in [6.07, 6.45) is 9.46. The number of anilines is 1. The quantitative estimate of drug-likeness (QED) is 0.0746. The van der Waals surface area contributed by atoms with Crippen molar-refractivity contribution in [2.24, 2.45) is 17.8 Å². The third-order valence-electron chi connectivity index (χ3n) is 13.4. The molecular weight excluding hydrogens is 887 g/mol. The smallest absolute Gasteiger partial charge is 0.312 e. The number of aromatic nitrogens is 1. The van der Waals surface area contributed by atoms with Crippen LogP contribution in [0.15, 0.2) is 63.6 Å². The van der Waals surface area contributed by atoms with Crippen molar-refractivity contribution in [3.05, 3.63) is 75.7 Å². The second kappa shape index (κ2) is 22.7. The molecule has 4 unspecified atom stereocenters. The van der Waals surface area contributed by atoms with Gasteiger partial charge in [-0.3, -0.25) is 19.2 Å². The summed E-state index contributed by atoms with van der Waals surface area (Å²) in [6.45, 7) is 17.9. The fourth-order valence-electron chi connectivity index (χ4n) is 9.73. The van der Waals surface area contributed by atoms with E-state index in [0.717, 1.165) is 44.5 Å². The van der Waals surface area contributed by atoms with Crippen LogP contribution in [0.4, 0.5) is 5.69 Å². The maximum Gasteiger partial charge on any atom is 0.312 e. The summed E-state index contributed by atoms with van der Waals surface area (Å²) in [5, 5.41) is 16.9. The lowest BCUT2D eigenvalue weighted by atomic mass is 9.85. The molecule has 1 aliphatic carbocycles. The van der Waals surface area contributed by atoms with Crippen molar-refractivity contribution in [3.8, 4) is 28.7 Å². The number of nitrogens with zero attached hydrogens (tertiary/aromatic N) is 2. The number of carbonyl (C=O) groups excluding carboxylic acids is 3. The van der Waals surface area contributed by atoms with E-state index in [-0.39, 0.29) is 56.8 Å². The van der Waals surface area contributed by atoms with Crippen molar-refractivity contribution in [1.29, 1.82) is 0 Å². The van der Waals surface area contributed by atoms with Gasteiger partial charge < -0.3 is 52.9 Å². The van der Waals surface area contributed by atoms with Crippen molar-refractivity contribution in [2.45, 2.75) is 118 Å². The van der Waals surface area contributed by atoms with Gasteiger partial charge in [-0.2, -0.15) is 0 Å². The largest absolute Gasteiger partial charge is 0.487 e. The Kier molecular flexibility index (Phi) is 17.8. The number of likely N-dealkylation sites (N-methyl/N-ethyl adjacent to an activating group) is 1. The Labute approximate surface area is 405 Å². The molecule has 16 heteroatoms. The number of aliphatic hydroxyl groups is 2. The van der Waals surface area contributed by atoms with E-state index in [9.17, 15) is 14.4 Å². The Morgan fingerprint density at radius 3 is 2.36 bits per heavy atom. The summed E-state index contributed by atoms with van der Waals surface area (Å²) in [6, 6.07) is 5.62. The Morgan fingerprint density at radius 1 is 1.00 bits per heavy atom. The fraction of sp³-hybridized carbons (Fsp3) is 0.528. The molecule has 1 fully saturated rings. The molecule has 0 saturated carbocycles. The molecule has 6 bridgehead atoms. The molecule has 5 aliphatic heterocycles. The lowest BCUT2D eigenvalue weighted by Gasteiger charge is -2.36. The van der Waals surface area contributed by atoms with Gasteiger partial charge in [0.25, 0.3) is 11.7 Å². The first-order valence-electron chi connectivity index (χ1n) is 23.8. The highest BCUT2D eigenvalue weighted by Crippen LogP contribution is 2.52. The van der Waals surface area contributed by atoms with Crippen LogP contribution in [0.5, 0.6) is 17.2 Å². The molecule has 0 spiro atoms. The van der Waals surface area contributed by atoms with Crippen molar-refractivity contribution < 1.29 is 61.9 Å². The van der Waals surface area contributed by atoms with E-state index in [2.05, 4.69) is 33.3 Å². The summed E-state index contributed by atoms with van der Waals surface area (Å²) in [7, 11) is 7.94. The van der Waals surface area contributed by atoms with E-state index in [1.165, 1.54) is 27.2 Å². The number of fused-ring (bicyclic) bond motifs is 8. The number of aliphatic hydroxyl groups excluding tert-OH is 2. The van der Waals surface area contributed by atoms with Crippen LogP contribution in [0.25, 0.3) is 33.3 Å².